The van der Waals surface area contributed by atoms with E-state index in [9.17, 15) is 9.59 Å². The fourth-order valence-electron chi connectivity index (χ4n) is 3.02. The van der Waals surface area contributed by atoms with E-state index in [1.165, 1.54) is 0 Å². The molecule has 0 saturated carbocycles. The van der Waals surface area contributed by atoms with Gasteiger partial charge in [0.15, 0.2) is 5.78 Å². The van der Waals surface area contributed by atoms with Crippen LogP contribution in [0.3, 0.4) is 0 Å². The maximum absolute atomic E-state index is 12.7. The zero-order valence-electron chi connectivity index (χ0n) is 14.2. The molecule has 0 unspecified atom stereocenters. The Morgan fingerprint density at radius 3 is 2.71 bits per heavy atom. The van der Waals surface area contributed by atoms with Gasteiger partial charge in [0, 0.05) is 11.8 Å². The number of allylic oxidation sites excluding steroid dienone is 2. The first-order valence-corrected chi connectivity index (χ1v) is 9.33. The Hall–Kier alpha value is -1.62. The Morgan fingerprint density at radius 2 is 2.04 bits per heavy atom. The summed E-state index contributed by atoms with van der Waals surface area (Å²) in [6.45, 7) is 3.95. The summed E-state index contributed by atoms with van der Waals surface area (Å²) in [5.41, 5.74) is 0.268. The smallest absolute Gasteiger partial charge is 0.411 e. The van der Waals surface area contributed by atoms with Crippen molar-refractivity contribution in [2.75, 3.05) is 11.9 Å². The molecule has 24 heavy (non-hydrogen) atoms. The number of ether oxygens (including phenoxy) is 1. The first-order chi connectivity index (χ1) is 11.5. The third-order valence-electron chi connectivity index (χ3n) is 4.35. The molecule has 1 fully saturated rings. The summed E-state index contributed by atoms with van der Waals surface area (Å²) in [4.78, 5) is 26.5. The topological polar surface area (TPSA) is 46.6 Å². The van der Waals surface area contributed by atoms with Gasteiger partial charge in [-0.05, 0) is 32.3 Å². The van der Waals surface area contributed by atoms with Crippen LogP contribution in [0, 0.1) is 0 Å². The number of benzene rings is 1. The summed E-state index contributed by atoms with van der Waals surface area (Å²) in [7, 11) is 0. The highest BCUT2D eigenvalue weighted by atomic mass is 79.9. The third kappa shape index (κ3) is 4.47. The minimum absolute atomic E-state index is 0.0543. The Labute approximate surface area is 152 Å². The lowest BCUT2D eigenvalue weighted by Crippen LogP contribution is -2.54. The lowest BCUT2D eigenvalue weighted by atomic mass is 9.91. The number of hydrogen-bond donors (Lipinski definition) is 0. The molecule has 0 bridgehead atoms. The first-order valence-electron chi connectivity index (χ1n) is 8.21. The molecule has 0 spiro atoms. The molecule has 1 saturated heterocycles. The summed E-state index contributed by atoms with van der Waals surface area (Å²) >= 11 is 3.32. The molecule has 0 N–H and O–H groups in total. The second kappa shape index (κ2) is 8.47. The van der Waals surface area contributed by atoms with Crippen molar-refractivity contribution in [3.63, 3.8) is 0 Å². The van der Waals surface area contributed by atoms with E-state index in [1.54, 1.807) is 4.90 Å². The van der Waals surface area contributed by atoms with Crippen molar-refractivity contribution in [1.29, 1.82) is 0 Å². The molecular formula is C19H24BrNO3. The van der Waals surface area contributed by atoms with Crippen LogP contribution in [0.5, 0.6) is 0 Å². The van der Waals surface area contributed by atoms with Crippen molar-refractivity contribution in [3.05, 3.63) is 48.0 Å². The van der Waals surface area contributed by atoms with Gasteiger partial charge in [-0.1, -0.05) is 58.4 Å². The summed E-state index contributed by atoms with van der Waals surface area (Å²) in [6, 6.07) is 9.86. The van der Waals surface area contributed by atoms with E-state index >= 15 is 0 Å². The molecule has 1 aromatic rings. The molecule has 1 aromatic carbocycles. The fourth-order valence-corrected chi connectivity index (χ4v) is 3.28. The van der Waals surface area contributed by atoms with Gasteiger partial charge < -0.3 is 4.74 Å². The summed E-state index contributed by atoms with van der Waals surface area (Å²) in [6.07, 6.45) is 5.34. The van der Waals surface area contributed by atoms with Crippen molar-refractivity contribution in [3.8, 4) is 0 Å². The summed E-state index contributed by atoms with van der Waals surface area (Å²) in [5, 5.41) is 0.780. The third-order valence-corrected chi connectivity index (χ3v) is 4.73. The number of cyclic esters (lactones) is 1. The zero-order chi connectivity index (χ0) is 17.6. The molecule has 0 aromatic heterocycles. The summed E-state index contributed by atoms with van der Waals surface area (Å²) in [5.74, 6) is 0.0543. The maximum atomic E-state index is 12.7. The monoisotopic (exact) mass is 393 g/mol. The molecule has 0 radical (unpaired) electrons. The molecule has 1 aliphatic rings. The van der Waals surface area contributed by atoms with Gasteiger partial charge in [-0.25, -0.2) is 4.79 Å². The SMILES string of the molecule is CC(C)(C(=O)CC/C=C/CBr)N1C(=O)OC[C@@H]1Cc1ccccc1. The number of carbonyl (C=O) groups excluding carboxylic acids is 2. The van der Waals surface area contributed by atoms with Crippen molar-refractivity contribution in [2.24, 2.45) is 0 Å². The minimum atomic E-state index is -0.866. The van der Waals surface area contributed by atoms with Crippen molar-refractivity contribution < 1.29 is 14.3 Å². The van der Waals surface area contributed by atoms with Crippen molar-refractivity contribution >= 4 is 27.8 Å². The van der Waals surface area contributed by atoms with Gasteiger partial charge in [0.1, 0.15) is 6.61 Å². The van der Waals surface area contributed by atoms with Gasteiger partial charge >= 0.3 is 6.09 Å². The van der Waals surface area contributed by atoms with Crippen LogP contribution in [0.15, 0.2) is 42.5 Å². The number of rotatable bonds is 8. The van der Waals surface area contributed by atoms with Gasteiger partial charge in [0.2, 0.25) is 0 Å². The number of carbonyl (C=O) groups is 2. The second-order valence-electron chi connectivity index (χ2n) is 6.44. The van der Waals surface area contributed by atoms with Gasteiger partial charge in [0.05, 0.1) is 11.6 Å². The normalized spacial score (nSPS) is 18.2. The Balaban J connectivity index is 2.08. The molecule has 2 rings (SSSR count). The maximum Gasteiger partial charge on any atom is 0.411 e. The van der Waals surface area contributed by atoms with E-state index < -0.39 is 11.6 Å². The van der Waals surface area contributed by atoms with Crippen LogP contribution in [0.2, 0.25) is 0 Å². The lowest BCUT2D eigenvalue weighted by molar-refractivity contribution is -0.128. The molecule has 130 valence electrons. The Morgan fingerprint density at radius 1 is 1.33 bits per heavy atom. The molecule has 1 aliphatic heterocycles. The second-order valence-corrected chi connectivity index (χ2v) is 7.08. The number of hydrogen-bond acceptors (Lipinski definition) is 3. The van der Waals surface area contributed by atoms with Crippen molar-refractivity contribution in [1.82, 2.24) is 4.90 Å². The van der Waals surface area contributed by atoms with E-state index in [-0.39, 0.29) is 11.8 Å². The van der Waals surface area contributed by atoms with E-state index in [2.05, 4.69) is 15.9 Å². The van der Waals surface area contributed by atoms with Gasteiger partial charge in [-0.2, -0.15) is 0 Å². The first kappa shape index (κ1) is 18.7. The number of alkyl halides is 1. The highest BCUT2D eigenvalue weighted by Gasteiger charge is 2.46. The van der Waals surface area contributed by atoms with Crippen LogP contribution in [0.25, 0.3) is 0 Å². The highest BCUT2D eigenvalue weighted by Crippen LogP contribution is 2.28. The number of halogens is 1. The molecular weight excluding hydrogens is 370 g/mol. The number of amides is 1. The highest BCUT2D eigenvalue weighted by molar-refractivity contribution is 9.09. The van der Waals surface area contributed by atoms with Crippen LogP contribution in [0.1, 0.15) is 32.3 Å². The standard InChI is InChI=1S/C19H24BrNO3/c1-19(2,17(22)11-7-4-8-12-20)21-16(14-24-18(21)23)13-15-9-5-3-6-10-15/h3-6,8-10,16H,7,11-14H2,1-2H3/b8-4+/t16-/m0/s1. The number of Topliss-reactive ketones (excluding diaryl/α,β-unsaturated/α-hetero) is 1. The van der Waals surface area contributed by atoms with Gasteiger partial charge in [0.25, 0.3) is 0 Å². The average molecular weight is 394 g/mol. The predicted molar refractivity (Wildman–Crippen MR) is 98.4 cm³/mol. The largest absolute Gasteiger partial charge is 0.447 e. The van der Waals surface area contributed by atoms with E-state index in [4.69, 9.17) is 4.74 Å². The summed E-state index contributed by atoms with van der Waals surface area (Å²) < 4.78 is 5.24. The van der Waals surface area contributed by atoms with Gasteiger partial charge in [-0.3, -0.25) is 9.69 Å². The average Bonchev–Trinajstić information content (AvgIpc) is 2.93. The molecule has 4 nitrogen and oxygen atoms in total. The molecule has 1 amide bonds. The van der Waals surface area contributed by atoms with Crippen LogP contribution in [0.4, 0.5) is 4.79 Å². The Kier molecular flexibility index (Phi) is 6.60. The Bertz CT molecular complexity index is 598. The molecule has 1 heterocycles. The quantitative estimate of drug-likeness (QED) is 0.492. The van der Waals surface area contributed by atoms with Crippen LogP contribution >= 0.6 is 15.9 Å². The van der Waals surface area contributed by atoms with E-state index in [0.717, 1.165) is 10.9 Å². The number of ketones is 1. The lowest BCUT2D eigenvalue weighted by Gasteiger charge is -2.36. The zero-order valence-corrected chi connectivity index (χ0v) is 15.8. The van der Waals surface area contributed by atoms with E-state index in [0.29, 0.717) is 25.9 Å². The number of nitrogens with zero attached hydrogens (tertiary/aromatic N) is 1. The minimum Gasteiger partial charge on any atom is -0.447 e. The molecule has 5 heteroatoms. The molecule has 1 atom stereocenters. The fraction of sp³-hybridized carbons (Fsp3) is 0.474. The van der Waals surface area contributed by atoms with Crippen LogP contribution in [-0.4, -0.2) is 40.3 Å². The van der Waals surface area contributed by atoms with Crippen LogP contribution in [-0.2, 0) is 16.0 Å². The molecule has 0 aliphatic carbocycles. The van der Waals surface area contributed by atoms with Crippen LogP contribution < -0.4 is 0 Å². The van der Waals surface area contributed by atoms with Crippen molar-refractivity contribution in [2.45, 2.75) is 44.7 Å². The van der Waals surface area contributed by atoms with E-state index in [1.807, 2.05) is 56.3 Å². The van der Waals surface area contributed by atoms with Gasteiger partial charge in [-0.15, -0.1) is 0 Å². The predicted octanol–water partition coefficient (Wildman–Crippen LogP) is 4.13.